The second-order valence-corrected chi connectivity index (χ2v) is 7.56. The van der Waals surface area contributed by atoms with E-state index in [1.165, 1.54) is 12.0 Å². The van der Waals surface area contributed by atoms with Crippen LogP contribution in [0.3, 0.4) is 0 Å². The number of aromatic amines is 1. The van der Waals surface area contributed by atoms with Crippen LogP contribution in [0.5, 0.6) is 0 Å². The van der Waals surface area contributed by atoms with Crippen LogP contribution in [0.2, 0.25) is 0 Å². The minimum absolute atomic E-state index is 0.154. The van der Waals surface area contributed by atoms with E-state index < -0.39 is 5.97 Å². The Hall–Kier alpha value is -2.06. The van der Waals surface area contributed by atoms with E-state index in [0.717, 1.165) is 19.8 Å². The quantitative estimate of drug-likeness (QED) is 0.548. The summed E-state index contributed by atoms with van der Waals surface area (Å²) in [7, 11) is 3.00. The number of nitrogens with zero attached hydrogens (tertiary/aromatic N) is 1. The van der Waals surface area contributed by atoms with Gasteiger partial charge in [-0.15, -0.1) is 0 Å². The van der Waals surface area contributed by atoms with Crippen molar-refractivity contribution in [3.8, 4) is 0 Å². The molecule has 26 heavy (non-hydrogen) atoms. The number of rotatable bonds is 4. The zero-order valence-electron chi connectivity index (χ0n) is 14.4. The van der Waals surface area contributed by atoms with E-state index in [4.69, 9.17) is 9.15 Å². The number of hydrogen-bond acceptors (Lipinski definition) is 4. The summed E-state index contributed by atoms with van der Waals surface area (Å²) >= 11 is 6.91. The van der Waals surface area contributed by atoms with Gasteiger partial charge in [0, 0.05) is 33.1 Å². The summed E-state index contributed by atoms with van der Waals surface area (Å²) in [5.74, 6) is 0.369. The number of H-pyrrole nitrogens is 1. The Labute approximate surface area is 166 Å². The van der Waals surface area contributed by atoms with Crippen LogP contribution in [-0.2, 0) is 11.3 Å². The first kappa shape index (κ1) is 18.7. The van der Waals surface area contributed by atoms with Gasteiger partial charge in [-0.3, -0.25) is 4.79 Å². The topological polar surface area (TPSA) is 75.5 Å². The number of carbonyl (C=O) groups is 2. The number of aromatic nitrogens is 1. The monoisotopic (exact) mass is 482 g/mol. The van der Waals surface area contributed by atoms with Gasteiger partial charge in [-0.2, -0.15) is 0 Å². The number of fused-ring (bicyclic) bond motifs is 1. The summed E-state index contributed by atoms with van der Waals surface area (Å²) in [6.45, 7) is 1.92. The van der Waals surface area contributed by atoms with Crippen molar-refractivity contribution in [2.24, 2.45) is 0 Å². The second kappa shape index (κ2) is 7.28. The Morgan fingerprint density at radius 3 is 2.58 bits per heavy atom. The van der Waals surface area contributed by atoms with E-state index in [-0.39, 0.29) is 12.5 Å². The predicted molar refractivity (Wildman–Crippen MR) is 104 cm³/mol. The van der Waals surface area contributed by atoms with E-state index in [1.807, 2.05) is 12.1 Å². The number of nitrogens with one attached hydrogen (secondary N) is 1. The van der Waals surface area contributed by atoms with Crippen molar-refractivity contribution in [2.75, 3.05) is 14.2 Å². The first-order chi connectivity index (χ1) is 12.3. The number of amides is 1. The van der Waals surface area contributed by atoms with Crippen LogP contribution in [0.4, 0.5) is 0 Å². The second-order valence-electron chi connectivity index (χ2n) is 5.85. The van der Waals surface area contributed by atoms with Crippen LogP contribution < -0.4 is 0 Å². The first-order valence-corrected chi connectivity index (χ1v) is 9.29. The lowest BCUT2D eigenvalue weighted by Crippen LogP contribution is -2.25. The summed E-state index contributed by atoms with van der Waals surface area (Å²) < 4.78 is 12.1. The average Bonchev–Trinajstić information content (AvgIpc) is 3.17. The fourth-order valence-electron chi connectivity index (χ4n) is 2.74. The third kappa shape index (κ3) is 3.43. The maximum absolute atomic E-state index is 12.8. The van der Waals surface area contributed by atoms with Crippen molar-refractivity contribution in [1.29, 1.82) is 0 Å². The molecule has 0 fully saturated rings. The molecule has 3 aromatic rings. The maximum atomic E-state index is 12.8. The number of methoxy groups -OCH3 is 1. The van der Waals surface area contributed by atoms with E-state index in [9.17, 15) is 9.59 Å². The van der Waals surface area contributed by atoms with Crippen molar-refractivity contribution in [3.63, 3.8) is 0 Å². The molecule has 0 bridgehead atoms. The predicted octanol–water partition coefficient (Wildman–Crippen LogP) is 4.65. The number of esters is 1. The highest BCUT2D eigenvalue weighted by Gasteiger charge is 2.21. The zero-order chi connectivity index (χ0) is 19.0. The Balaban J connectivity index is 1.85. The van der Waals surface area contributed by atoms with Gasteiger partial charge in [-0.1, -0.05) is 0 Å². The Morgan fingerprint density at radius 2 is 1.88 bits per heavy atom. The van der Waals surface area contributed by atoms with Gasteiger partial charge in [-0.25, -0.2) is 4.79 Å². The number of carbonyl (C=O) groups excluding carboxylic acids is 2. The molecule has 3 rings (SSSR count). The van der Waals surface area contributed by atoms with Gasteiger partial charge < -0.3 is 19.0 Å². The maximum Gasteiger partial charge on any atom is 0.341 e. The summed E-state index contributed by atoms with van der Waals surface area (Å²) in [6.07, 6.45) is 1.69. The largest absolute Gasteiger partial charge is 0.465 e. The molecule has 0 spiro atoms. The molecule has 2 aromatic heterocycles. The normalized spacial score (nSPS) is 11.0. The number of furan rings is 1. The minimum atomic E-state index is -0.460. The van der Waals surface area contributed by atoms with Gasteiger partial charge in [-0.05, 0) is 57.0 Å². The summed E-state index contributed by atoms with van der Waals surface area (Å²) in [6, 6.07) is 5.41. The summed E-state index contributed by atoms with van der Waals surface area (Å²) in [5, 5.41) is 0.822. The lowest BCUT2D eigenvalue weighted by molar-refractivity contribution is 0.0598. The Kier molecular flexibility index (Phi) is 5.24. The Morgan fingerprint density at radius 1 is 1.19 bits per heavy atom. The minimum Gasteiger partial charge on any atom is -0.465 e. The van der Waals surface area contributed by atoms with Crippen molar-refractivity contribution in [1.82, 2.24) is 9.88 Å². The van der Waals surface area contributed by atoms with Crippen molar-refractivity contribution in [3.05, 3.63) is 56.0 Å². The van der Waals surface area contributed by atoms with Gasteiger partial charge >= 0.3 is 5.97 Å². The number of aryl methyl sites for hydroxylation is 1. The molecule has 1 N–H and O–H groups in total. The van der Waals surface area contributed by atoms with Gasteiger partial charge in [0.25, 0.3) is 5.91 Å². The highest BCUT2D eigenvalue weighted by molar-refractivity contribution is 9.13. The summed E-state index contributed by atoms with van der Waals surface area (Å²) in [4.78, 5) is 29.2. The molecule has 8 heteroatoms. The summed E-state index contributed by atoms with van der Waals surface area (Å²) in [5.41, 5.74) is 1.79. The molecule has 0 aliphatic heterocycles. The van der Waals surface area contributed by atoms with Crippen LogP contribution in [-0.4, -0.2) is 35.9 Å². The molecule has 136 valence electrons. The molecule has 0 saturated carbocycles. The fraction of sp³-hybridized carbons (Fsp3) is 0.222. The lowest BCUT2D eigenvalue weighted by atomic mass is 10.1. The van der Waals surface area contributed by atoms with Gasteiger partial charge in [0.05, 0.1) is 19.2 Å². The molecule has 0 unspecified atom stereocenters. The van der Waals surface area contributed by atoms with Gasteiger partial charge in [0.2, 0.25) is 0 Å². The van der Waals surface area contributed by atoms with Crippen LogP contribution in [0.1, 0.15) is 32.2 Å². The molecule has 0 aliphatic carbocycles. The molecule has 0 radical (unpaired) electrons. The molecule has 1 aromatic carbocycles. The number of ether oxygens (including phenoxy) is 1. The number of hydrogen-bond donors (Lipinski definition) is 1. The van der Waals surface area contributed by atoms with Crippen LogP contribution >= 0.6 is 31.9 Å². The van der Waals surface area contributed by atoms with Crippen LogP contribution in [0.25, 0.3) is 10.9 Å². The smallest absolute Gasteiger partial charge is 0.341 e. The number of halogens is 2. The van der Waals surface area contributed by atoms with Crippen LogP contribution in [0, 0.1) is 6.92 Å². The van der Waals surface area contributed by atoms with E-state index >= 15 is 0 Å². The number of benzene rings is 1. The van der Waals surface area contributed by atoms with E-state index in [1.54, 1.807) is 26.2 Å². The third-order valence-electron chi connectivity index (χ3n) is 4.07. The highest BCUT2D eigenvalue weighted by Crippen LogP contribution is 2.30. The van der Waals surface area contributed by atoms with Gasteiger partial charge in [0.1, 0.15) is 17.1 Å². The van der Waals surface area contributed by atoms with Crippen molar-refractivity contribution in [2.45, 2.75) is 13.5 Å². The van der Waals surface area contributed by atoms with Crippen LogP contribution in [0.15, 0.2) is 37.8 Å². The lowest BCUT2D eigenvalue weighted by Gasteiger charge is -2.15. The van der Waals surface area contributed by atoms with Crippen molar-refractivity contribution >= 4 is 54.6 Å². The first-order valence-electron chi connectivity index (χ1n) is 7.71. The third-order valence-corrected chi connectivity index (χ3v) is 5.91. The zero-order valence-corrected chi connectivity index (χ0v) is 17.5. The standard InChI is InChI=1S/C18H16Br2N2O4/c1-9-11(18(24)25-3)4-10(26-9)8-22(2)17(23)13-7-21-16-6-15(20)14(19)5-12(13)16/h4-7,21H,8H2,1-3H3. The molecule has 2 heterocycles. The fourth-order valence-corrected chi connectivity index (χ4v) is 3.43. The molecule has 0 aliphatic rings. The molecular weight excluding hydrogens is 468 g/mol. The molecule has 0 atom stereocenters. The molecule has 6 nitrogen and oxygen atoms in total. The molecule has 1 amide bonds. The van der Waals surface area contributed by atoms with E-state index in [2.05, 4.69) is 36.8 Å². The SMILES string of the molecule is COC(=O)c1cc(CN(C)C(=O)c2c[nH]c3cc(Br)c(Br)cc23)oc1C. The Bertz CT molecular complexity index is 1010. The average molecular weight is 484 g/mol. The van der Waals surface area contributed by atoms with Gasteiger partial charge in [0.15, 0.2) is 0 Å². The van der Waals surface area contributed by atoms with Crippen molar-refractivity contribution < 1.29 is 18.7 Å². The molecule has 0 saturated heterocycles. The highest BCUT2D eigenvalue weighted by atomic mass is 79.9. The molecular formula is C18H16Br2N2O4. The van der Waals surface area contributed by atoms with E-state index in [0.29, 0.717) is 22.6 Å².